The number of rotatable bonds is 6. The molecule has 35 heavy (non-hydrogen) atoms. The Hall–Kier alpha value is -3.19. The predicted octanol–water partition coefficient (Wildman–Crippen LogP) is 6.68. The standard InChI is InChI=1S/C26H20Cl3NO5/c1-3-35-18-9-4-6-14(10-18)22-21(23(31)19-12-16(28)13-20(29)25(19)34-2)24(32)26(33)30(22)17-8-5-7-15(27)11-17/h4-13,22,31H,3H2,1-2H3/b23-21+. The first kappa shape index (κ1) is 24.9. The zero-order chi connectivity index (χ0) is 25.3. The molecule has 3 aromatic carbocycles. The number of methoxy groups -OCH3 is 1. The predicted molar refractivity (Wildman–Crippen MR) is 137 cm³/mol. The molecular formula is C26H20Cl3NO5. The van der Waals surface area contributed by atoms with Gasteiger partial charge in [-0.2, -0.15) is 0 Å². The second-order valence-corrected chi connectivity index (χ2v) is 8.90. The number of nitrogens with zero attached hydrogens (tertiary/aromatic N) is 1. The molecule has 0 radical (unpaired) electrons. The van der Waals surface area contributed by atoms with E-state index >= 15 is 0 Å². The number of amides is 1. The lowest BCUT2D eigenvalue weighted by atomic mass is 9.94. The lowest BCUT2D eigenvalue weighted by Gasteiger charge is -2.26. The third-order valence-electron chi connectivity index (χ3n) is 5.48. The Balaban J connectivity index is 2.01. The summed E-state index contributed by atoms with van der Waals surface area (Å²) in [5, 5.41) is 12.2. The lowest BCUT2D eigenvalue weighted by molar-refractivity contribution is -0.132. The van der Waals surface area contributed by atoms with Gasteiger partial charge in [0.1, 0.15) is 17.3 Å². The highest BCUT2D eigenvalue weighted by Gasteiger charge is 2.47. The summed E-state index contributed by atoms with van der Waals surface area (Å²) in [6.45, 7) is 2.27. The maximum absolute atomic E-state index is 13.4. The Morgan fingerprint density at radius 3 is 2.43 bits per heavy atom. The largest absolute Gasteiger partial charge is 0.507 e. The van der Waals surface area contributed by atoms with Crippen LogP contribution >= 0.6 is 34.8 Å². The third kappa shape index (κ3) is 4.69. The molecule has 9 heteroatoms. The molecular weight excluding hydrogens is 513 g/mol. The van der Waals surface area contributed by atoms with Crippen LogP contribution in [-0.2, 0) is 9.59 Å². The summed E-state index contributed by atoms with van der Waals surface area (Å²) in [6.07, 6.45) is 0. The van der Waals surface area contributed by atoms with E-state index in [9.17, 15) is 14.7 Å². The number of hydrogen-bond donors (Lipinski definition) is 1. The van der Waals surface area contributed by atoms with Crippen LogP contribution in [0.1, 0.15) is 24.1 Å². The van der Waals surface area contributed by atoms with Crippen LogP contribution in [0.4, 0.5) is 5.69 Å². The van der Waals surface area contributed by atoms with Gasteiger partial charge in [-0.3, -0.25) is 14.5 Å². The number of aliphatic hydroxyl groups is 1. The highest BCUT2D eigenvalue weighted by atomic mass is 35.5. The Morgan fingerprint density at radius 2 is 1.74 bits per heavy atom. The van der Waals surface area contributed by atoms with Crippen molar-refractivity contribution in [3.63, 3.8) is 0 Å². The minimum Gasteiger partial charge on any atom is -0.507 e. The summed E-state index contributed by atoms with van der Waals surface area (Å²) in [5.74, 6) is -1.52. The fourth-order valence-corrected chi connectivity index (χ4v) is 4.83. The molecule has 1 aliphatic heterocycles. The van der Waals surface area contributed by atoms with Gasteiger partial charge in [-0.25, -0.2) is 0 Å². The van der Waals surface area contributed by atoms with Crippen molar-refractivity contribution in [1.82, 2.24) is 0 Å². The zero-order valence-corrected chi connectivity index (χ0v) is 21.0. The highest BCUT2D eigenvalue weighted by Crippen LogP contribution is 2.45. The number of ether oxygens (including phenoxy) is 2. The van der Waals surface area contributed by atoms with Crippen LogP contribution in [0.15, 0.2) is 66.2 Å². The second-order valence-electron chi connectivity index (χ2n) is 7.62. The molecule has 1 N–H and O–H groups in total. The van der Waals surface area contributed by atoms with Gasteiger partial charge in [0.2, 0.25) is 0 Å². The van der Waals surface area contributed by atoms with Crippen LogP contribution in [0.2, 0.25) is 15.1 Å². The van der Waals surface area contributed by atoms with Gasteiger partial charge in [0.25, 0.3) is 11.7 Å². The van der Waals surface area contributed by atoms with Gasteiger partial charge in [-0.15, -0.1) is 0 Å². The monoisotopic (exact) mass is 531 g/mol. The summed E-state index contributed by atoms with van der Waals surface area (Å²) in [5.41, 5.74) is 0.866. The van der Waals surface area contributed by atoms with Crippen LogP contribution < -0.4 is 14.4 Å². The van der Waals surface area contributed by atoms with Crippen LogP contribution in [-0.4, -0.2) is 30.5 Å². The Morgan fingerprint density at radius 1 is 1.00 bits per heavy atom. The van der Waals surface area contributed by atoms with Crippen molar-refractivity contribution >= 4 is 57.9 Å². The Kier molecular flexibility index (Phi) is 7.26. The van der Waals surface area contributed by atoms with Crippen LogP contribution in [0.3, 0.4) is 0 Å². The minimum absolute atomic E-state index is 0.0834. The van der Waals surface area contributed by atoms with Crippen molar-refractivity contribution in [2.75, 3.05) is 18.6 Å². The maximum Gasteiger partial charge on any atom is 0.300 e. The molecule has 1 saturated heterocycles. The molecule has 0 aliphatic carbocycles. The summed E-state index contributed by atoms with van der Waals surface area (Å²) in [6, 6.07) is 15.4. The van der Waals surface area contributed by atoms with E-state index in [0.29, 0.717) is 28.6 Å². The minimum atomic E-state index is -0.990. The summed E-state index contributed by atoms with van der Waals surface area (Å²) in [7, 11) is 1.37. The third-order valence-corrected chi connectivity index (χ3v) is 6.22. The summed E-state index contributed by atoms with van der Waals surface area (Å²) in [4.78, 5) is 28.0. The number of carbonyl (C=O) groups excluding carboxylic acids is 2. The molecule has 0 spiro atoms. The number of halogens is 3. The highest BCUT2D eigenvalue weighted by molar-refractivity contribution is 6.52. The first-order chi connectivity index (χ1) is 16.8. The number of anilines is 1. The van der Waals surface area contributed by atoms with E-state index in [0.717, 1.165) is 0 Å². The van der Waals surface area contributed by atoms with Gasteiger partial charge in [0.15, 0.2) is 0 Å². The topological polar surface area (TPSA) is 76.1 Å². The van der Waals surface area contributed by atoms with E-state index in [2.05, 4.69) is 0 Å². The van der Waals surface area contributed by atoms with Gasteiger partial charge in [0.05, 0.1) is 35.9 Å². The summed E-state index contributed by atoms with van der Waals surface area (Å²) >= 11 is 18.6. The van der Waals surface area contributed by atoms with Gasteiger partial charge < -0.3 is 14.6 Å². The molecule has 0 saturated carbocycles. The van der Waals surface area contributed by atoms with E-state index in [1.165, 1.54) is 24.1 Å². The van der Waals surface area contributed by atoms with Crippen LogP contribution in [0.5, 0.6) is 11.5 Å². The van der Waals surface area contributed by atoms with E-state index in [-0.39, 0.29) is 26.9 Å². The maximum atomic E-state index is 13.4. The number of carbonyl (C=O) groups is 2. The normalized spacial score (nSPS) is 17.1. The average Bonchev–Trinajstić information content (AvgIpc) is 3.09. The SMILES string of the molecule is CCOc1cccc(C2/C(=C(\O)c3cc(Cl)cc(Cl)c3OC)C(=O)C(=O)N2c2cccc(Cl)c2)c1. The molecule has 0 bridgehead atoms. The van der Waals surface area contributed by atoms with Crippen molar-refractivity contribution in [3.8, 4) is 11.5 Å². The van der Waals surface area contributed by atoms with Gasteiger partial charge in [0, 0.05) is 15.7 Å². The van der Waals surface area contributed by atoms with E-state index in [1.54, 1.807) is 48.5 Å². The molecule has 1 unspecified atom stereocenters. The molecule has 6 nitrogen and oxygen atoms in total. The molecule has 1 fully saturated rings. The quantitative estimate of drug-likeness (QED) is 0.218. The Bertz CT molecular complexity index is 1350. The molecule has 4 rings (SSSR count). The fourth-order valence-electron chi connectivity index (χ4n) is 4.07. The number of ketones is 1. The van der Waals surface area contributed by atoms with E-state index in [1.807, 2.05) is 6.92 Å². The van der Waals surface area contributed by atoms with Crippen molar-refractivity contribution in [3.05, 3.63) is 92.4 Å². The van der Waals surface area contributed by atoms with Gasteiger partial charge >= 0.3 is 0 Å². The smallest absolute Gasteiger partial charge is 0.300 e. The van der Waals surface area contributed by atoms with Crippen LogP contribution in [0, 0.1) is 0 Å². The number of Topliss-reactive ketones (excluding diaryl/α,β-unsaturated/α-hetero) is 1. The molecule has 3 aromatic rings. The Labute approximate surface area is 217 Å². The van der Waals surface area contributed by atoms with Crippen molar-refractivity contribution in [2.45, 2.75) is 13.0 Å². The first-order valence-electron chi connectivity index (χ1n) is 10.6. The van der Waals surface area contributed by atoms with Gasteiger partial charge in [-0.05, 0) is 55.0 Å². The molecule has 1 aliphatic rings. The lowest BCUT2D eigenvalue weighted by Crippen LogP contribution is -2.29. The number of benzene rings is 3. The van der Waals surface area contributed by atoms with Crippen molar-refractivity contribution < 1.29 is 24.2 Å². The molecule has 180 valence electrons. The molecule has 1 atom stereocenters. The van der Waals surface area contributed by atoms with Crippen LogP contribution in [0.25, 0.3) is 5.76 Å². The molecule has 1 heterocycles. The first-order valence-corrected chi connectivity index (χ1v) is 11.7. The number of hydrogen-bond acceptors (Lipinski definition) is 5. The van der Waals surface area contributed by atoms with E-state index in [4.69, 9.17) is 44.3 Å². The zero-order valence-electron chi connectivity index (χ0n) is 18.7. The van der Waals surface area contributed by atoms with Crippen molar-refractivity contribution in [2.24, 2.45) is 0 Å². The second kappa shape index (κ2) is 10.2. The fraction of sp³-hybridized carbons (Fsp3) is 0.154. The molecule has 1 amide bonds. The molecule has 0 aromatic heterocycles. The summed E-state index contributed by atoms with van der Waals surface area (Å²) < 4.78 is 11.0. The average molecular weight is 533 g/mol. The van der Waals surface area contributed by atoms with Gasteiger partial charge in [-0.1, -0.05) is 53.0 Å². The van der Waals surface area contributed by atoms with Crippen molar-refractivity contribution in [1.29, 1.82) is 0 Å². The van der Waals surface area contributed by atoms with E-state index < -0.39 is 23.5 Å². The number of aliphatic hydroxyl groups excluding tert-OH is 1.